The summed E-state index contributed by atoms with van der Waals surface area (Å²) in [5, 5.41) is 10.2. The largest absolute Gasteiger partial charge is 0.345 e. The molecule has 176 valence electrons. The summed E-state index contributed by atoms with van der Waals surface area (Å²) in [6.45, 7) is 10.5. The molecule has 1 fully saturated rings. The molecule has 2 N–H and O–H groups in total. The standard InChI is InChI=1S/C25H31N5O2.ClH/c1-16-13-18(20-9-12-27-15-21(20)17-7-10-26-11-8-17)5-6-19(16)14-28-23(31)22-29-24(32-30-22)25(2,3)4;/h5-6,9,12-13,15,17,26H,7-8,10-11,14H2,1-4H3,(H,28,31);1H. The Kier molecular flexibility index (Phi) is 7.87. The number of hydrogen-bond donors (Lipinski definition) is 2. The fourth-order valence-electron chi connectivity index (χ4n) is 4.06. The number of amides is 1. The number of hydrogen-bond acceptors (Lipinski definition) is 6. The molecule has 0 unspecified atom stereocenters. The minimum absolute atomic E-state index is 0. The van der Waals surface area contributed by atoms with Gasteiger partial charge in [0, 0.05) is 24.4 Å². The van der Waals surface area contributed by atoms with E-state index >= 15 is 0 Å². The molecular formula is C25H32ClN5O2. The lowest BCUT2D eigenvalue weighted by molar-refractivity contribution is 0.0937. The number of halogens is 1. The number of aryl methyl sites for hydroxylation is 1. The number of pyridine rings is 1. The van der Waals surface area contributed by atoms with Crippen LogP contribution in [0.1, 0.15) is 72.7 Å². The van der Waals surface area contributed by atoms with Crippen LogP contribution in [0.3, 0.4) is 0 Å². The summed E-state index contributed by atoms with van der Waals surface area (Å²) in [6, 6.07) is 8.50. The molecule has 0 radical (unpaired) electrons. The first-order valence-electron chi connectivity index (χ1n) is 11.2. The van der Waals surface area contributed by atoms with Gasteiger partial charge in [0.15, 0.2) is 0 Å². The minimum Gasteiger partial charge on any atom is -0.345 e. The second-order valence-corrected chi connectivity index (χ2v) is 9.48. The van der Waals surface area contributed by atoms with Crippen LogP contribution in [0.2, 0.25) is 0 Å². The normalized spacial score (nSPS) is 14.5. The van der Waals surface area contributed by atoms with Crippen LogP contribution in [-0.4, -0.2) is 34.1 Å². The van der Waals surface area contributed by atoms with Gasteiger partial charge < -0.3 is 15.2 Å². The van der Waals surface area contributed by atoms with E-state index in [0.29, 0.717) is 18.4 Å². The molecule has 0 aliphatic carbocycles. The van der Waals surface area contributed by atoms with E-state index in [1.165, 1.54) is 16.7 Å². The molecule has 33 heavy (non-hydrogen) atoms. The average molecular weight is 470 g/mol. The molecule has 0 bridgehead atoms. The number of carbonyl (C=O) groups is 1. The molecule has 0 saturated carbocycles. The molecule has 7 nitrogen and oxygen atoms in total. The summed E-state index contributed by atoms with van der Waals surface area (Å²) < 4.78 is 5.22. The lowest BCUT2D eigenvalue weighted by atomic mass is 9.86. The molecule has 1 aliphatic rings. The fraction of sp³-hybridized carbons (Fsp3) is 0.440. The smallest absolute Gasteiger partial charge is 0.292 e. The summed E-state index contributed by atoms with van der Waals surface area (Å²) >= 11 is 0. The maximum Gasteiger partial charge on any atom is 0.292 e. The Hall–Kier alpha value is -2.77. The van der Waals surface area contributed by atoms with Crippen molar-refractivity contribution in [1.29, 1.82) is 0 Å². The first-order valence-corrected chi connectivity index (χ1v) is 11.2. The zero-order valence-corrected chi connectivity index (χ0v) is 20.5. The Morgan fingerprint density at radius 3 is 2.64 bits per heavy atom. The number of benzene rings is 1. The van der Waals surface area contributed by atoms with E-state index in [9.17, 15) is 4.79 Å². The van der Waals surface area contributed by atoms with Gasteiger partial charge in [0.1, 0.15) is 0 Å². The predicted octanol–water partition coefficient (Wildman–Crippen LogP) is 4.56. The highest BCUT2D eigenvalue weighted by Crippen LogP contribution is 2.34. The van der Waals surface area contributed by atoms with Crippen LogP contribution in [-0.2, 0) is 12.0 Å². The second-order valence-electron chi connectivity index (χ2n) is 9.48. The Labute approximate surface area is 201 Å². The van der Waals surface area contributed by atoms with Gasteiger partial charge in [-0.15, -0.1) is 12.4 Å². The van der Waals surface area contributed by atoms with Crippen molar-refractivity contribution in [1.82, 2.24) is 25.8 Å². The van der Waals surface area contributed by atoms with Crippen LogP contribution in [0.5, 0.6) is 0 Å². The van der Waals surface area contributed by atoms with Gasteiger partial charge in [0.25, 0.3) is 11.7 Å². The monoisotopic (exact) mass is 469 g/mol. The van der Waals surface area contributed by atoms with E-state index in [4.69, 9.17) is 4.52 Å². The first kappa shape index (κ1) is 24.9. The molecule has 1 aromatic carbocycles. The maximum absolute atomic E-state index is 12.5. The molecule has 0 spiro atoms. The van der Waals surface area contributed by atoms with E-state index in [1.54, 1.807) is 0 Å². The van der Waals surface area contributed by atoms with Gasteiger partial charge in [-0.3, -0.25) is 9.78 Å². The van der Waals surface area contributed by atoms with E-state index in [0.717, 1.165) is 37.1 Å². The highest BCUT2D eigenvalue weighted by Gasteiger charge is 2.24. The third-order valence-corrected chi connectivity index (χ3v) is 5.99. The number of piperidine rings is 1. The fourth-order valence-corrected chi connectivity index (χ4v) is 4.06. The van der Waals surface area contributed by atoms with Crippen molar-refractivity contribution in [3.63, 3.8) is 0 Å². The van der Waals surface area contributed by atoms with Gasteiger partial charge in [-0.2, -0.15) is 4.98 Å². The van der Waals surface area contributed by atoms with Gasteiger partial charge in [-0.1, -0.05) is 44.1 Å². The Morgan fingerprint density at radius 1 is 1.21 bits per heavy atom. The topological polar surface area (TPSA) is 92.9 Å². The van der Waals surface area contributed by atoms with E-state index in [2.05, 4.69) is 56.9 Å². The highest BCUT2D eigenvalue weighted by atomic mass is 35.5. The zero-order chi connectivity index (χ0) is 22.7. The molecular weight excluding hydrogens is 438 g/mol. The molecule has 1 aliphatic heterocycles. The zero-order valence-electron chi connectivity index (χ0n) is 19.6. The van der Waals surface area contributed by atoms with E-state index < -0.39 is 0 Å². The van der Waals surface area contributed by atoms with Crippen molar-refractivity contribution < 1.29 is 9.32 Å². The molecule has 2 aromatic heterocycles. The third kappa shape index (κ3) is 5.78. The molecule has 1 amide bonds. The van der Waals surface area contributed by atoms with Crippen molar-refractivity contribution in [2.24, 2.45) is 0 Å². The molecule has 0 atom stereocenters. The summed E-state index contributed by atoms with van der Waals surface area (Å²) in [6.07, 6.45) is 6.15. The minimum atomic E-state index is -0.338. The van der Waals surface area contributed by atoms with Crippen LogP contribution in [0.25, 0.3) is 11.1 Å². The van der Waals surface area contributed by atoms with Crippen LogP contribution in [0.4, 0.5) is 0 Å². The average Bonchev–Trinajstić information content (AvgIpc) is 3.30. The predicted molar refractivity (Wildman–Crippen MR) is 131 cm³/mol. The molecule has 8 heteroatoms. The SMILES string of the molecule is Cc1cc(-c2ccncc2C2CCNCC2)ccc1CNC(=O)c1noc(C(C)(C)C)n1.Cl. The number of rotatable bonds is 5. The molecule has 4 rings (SSSR count). The quantitative estimate of drug-likeness (QED) is 0.569. The van der Waals surface area contributed by atoms with Gasteiger partial charge in [0.05, 0.1) is 0 Å². The van der Waals surface area contributed by atoms with Crippen molar-refractivity contribution >= 4 is 18.3 Å². The first-order chi connectivity index (χ1) is 15.3. The van der Waals surface area contributed by atoms with Gasteiger partial charge in [0.2, 0.25) is 5.89 Å². The van der Waals surface area contributed by atoms with Crippen molar-refractivity contribution in [3.8, 4) is 11.1 Å². The van der Waals surface area contributed by atoms with Gasteiger partial charge in [-0.25, -0.2) is 0 Å². The van der Waals surface area contributed by atoms with Crippen molar-refractivity contribution in [2.45, 2.75) is 58.4 Å². The van der Waals surface area contributed by atoms with Crippen LogP contribution >= 0.6 is 12.4 Å². The molecule has 3 aromatic rings. The van der Waals surface area contributed by atoms with Crippen molar-refractivity contribution in [2.75, 3.05) is 13.1 Å². The summed E-state index contributed by atoms with van der Waals surface area (Å²) in [4.78, 5) is 21.1. The van der Waals surface area contributed by atoms with Crippen LogP contribution in [0, 0.1) is 6.92 Å². The third-order valence-electron chi connectivity index (χ3n) is 5.99. The molecule has 3 heterocycles. The second kappa shape index (κ2) is 10.4. The number of carbonyl (C=O) groups excluding carboxylic acids is 1. The lowest BCUT2D eigenvalue weighted by Gasteiger charge is -2.25. The van der Waals surface area contributed by atoms with Crippen LogP contribution < -0.4 is 10.6 Å². The number of aromatic nitrogens is 3. The van der Waals surface area contributed by atoms with Gasteiger partial charge >= 0.3 is 0 Å². The lowest BCUT2D eigenvalue weighted by Crippen LogP contribution is -2.27. The van der Waals surface area contributed by atoms with E-state index in [-0.39, 0.29) is 29.6 Å². The Morgan fingerprint density at radius 2 is 1.97 bits per heavy atom. The van der Waals surface area contributed by atoms with E-state index in [1.807, 2.05) is 33.2 Å². The van der Waals surface area contributed by atoms with Gasteiger partial charge in [-0.05, 0) is 72.7 Å². The number of nitrogens with zero attached hydrogens (tertiary/aromatic N) is 3. The van der Waals surface area contributed by atoms with Crippen LogP contribution in [0.15, 0.2) is 41.2 Å². The number of nitrogens with one attached hydrogen (secondary N) is 2. The highest BCUT2D eigenvalue weighted by molar-refractivity contribution is 5.90. The molecule has 1 saturated heterocycles. The summed E-state index contributed by atoms with van der Waals surface area (Å²) in [5.74, 6) is 0.708. The summed E-state index contributed by atoms with van der Waals surface area (Å²) in [5.41, 5.74) is 5.63. The Balaban J connectivity index is 0.00000306. The summed E-state index contributed by atoms with van der Waals surface area (Å²) in [7, 11) is 0. The maximum atomic E-state index is 12.5. The Bertz CT molecular complexity index is 1100. The van der Waals surface area contributed by atoms with Crippen molar-refractivity contribution in [3.05, 3.63) is 65.1 Å².